The van der Waals surface area contributed by atoms with E-state index < -0.39 is 18.2 Å². The first kappa shape index (κ1) is 34.1. The number of likely N-dealkylation sites (tertiary alicyclic amines) is 1. The van der Waals surface area contributed by atoms with Crippen LogP contribution in [0.3, 0.4) is 0 Å². The lowest BCUT2D eigenvalue weighted by Gasteiger charge is -2.34. The molecule has 1 saturated carbocycles. The van der Waals surface area contributed by atoms with Crippen molar-refractivity contribution in [3.05, 3.63) is 81.7 Å². The maximum absolute atomic E-state index is 14.4. The van der Waals surface area contributed by atoms with Crippen LogP contribution in [-0.2, 0) is 22.4 Å². The van der Waals surface area contributed by atoms with E-state index in [0.717, 1.165) is 71.5 Å². The minimum Gasteiger partial charge on any atom is -0.506 e. The molecule has 1 aliphatic heterocycles. The van der Waals surface area contributed by atoms with Crippen molar-refractivity contribution >= 4 is 34.8 Å². The molecule has 2 aromatic carbocycles. The average Bonchev–Trinajstić information content (AvgIpc) is 3.84. The summed E-state index contributed by atoms with van der Waals surface area (Å²) in [6, 6.07) is 11.7. The van der Waals surface area contributed by atoms with E-state index in [1.807, 2.05) is 55.9 Å². The summed E-state index contributed by atoms with van der Waals surface area (Å²) in [7, 11) is 0. The molecule has 2 aliphatic rings. The van der Waals surface area contributed by atoms with Gasteiger partial charge in [-0.05, 0) is 74.6 Å². The van der Waals surface area contributed by atoms with Gasteiger partial charge in [-0.2, -0.15) is 0 Å². The van der Waals surface area contributed by atoms with E-state index in [4.69, 9.17) is 11.6 Å². The van der Waals surface area contributed by atoms with Gasteiger partial charge in [0.25, 0.3) is 0 Å². The highest BCUT2D eigenvalue weighted by Crippen LogP contribution is 2.36. The number of benzene rings is 2. The van der Waals surface area contributed by atoms with E-state index in [2.05, 4.69) is 20.6 Å². The third-order valence-electron chi connectivity index (χ3n) is 9.77. The molecule has 10 nitrogen and oxygen atoms in total. The highest BCUT2D eigenvalue weighted by molar-refractivity contribution is 7.13. The van der Waals surface area contributed by atoms with Gasteiger partial charge >= 0.3 is 0 Å². The second-order valence-corrected chi connectivity index (χ2v) is 14.4. The molecule has 48 heavy (non-hydrogen) atoms. The number of amides is 2. The summed E-state index contributed by atoms with van der Waals surface area (Å²) in [5, 5.41) is 33.0. The van der Waals surface area contributed by atoms with Crippen LogP contribution < -0.4 is 5.32 Å². The van der Waals surface area contributed by atoms with Gasteiger partial charge in [0.05, 0.1) is 38.9 Å². The van der Waals surface area contributed by atoms with E-state index >= 15 is 0 Å². The van der Waals surface area contributed by atoms with Crippen molar-refractivity contribution in [3.8, 4) is 16.2 Å². The third-order valence-corrected chi connectivity index (χ3v) is 11.2. The van der Waals surface area contributed by atoms with Gasteiger partial charge in [0, 0.05) is 19.2 Å². The number of phenolic OH excluding ortho intramolecular Hbond substituents is 1. The van der Waals surface area contributed by atoms with Crippen LogP contribution >= 0.6 is 22.9 Å². The molecule has 0 spiro atoms. The van der Waals surface area contributed by atoms with Crippen molar-refractivity contribution in [3.63, 3.8) is 0 Å². The summed E-state index contributed by atoms with van der Waals surface area (Å²) < 4.78 is 1.68. The number of aliphatic hydroxyl groups excluding tert-OH is 1. The summed E-state index contributed by atoms with van der Waals surface area (Å²) in [5.41, 5.74) is 6.49. The molecule has 0 radical (unpaired) electrons. The van der Waals surface area contributed by atoms with Gasteiger partial charge in [-0.3, -0.25) is 9.59 Å². The van der Waals surface area contributed by atoms with Gasteiger partial charge in [-0.15, -0.1) is 16.4 Å². The number of aryl methyl sites for hydroxylation is 3. The van der Waals surface area contributed by atoms with Crippen LogP contribution in [0.5, 0.6) is 5.75 Å². The lowest BCUT2D eigenvalue weighted by Crippen LogP contribution is -2.50. The molecule has 2 aromatic heterocycles. The number of aliphatic hydroxyl groups is 1. The highest BCUT2D eigenvalue weighted by Gasteiger charge is 2.44. The van der Waals surface area contributed by atoms with Gasteiger partial charge in [-0.1, -0.05) is 72.5 Å². The number of nitrogens with zero attached hydrogens (tertiary/aromatic N) is 5. The van der Waals surface area contributed by atoms with Gasteiger partial charge < -0.3 is 20.4 Å². The number of carbonyl (C=O) groups is 2. The molecule has 4 atom stereocenters. The van der Waals surface area contributed by atoms with Crippen molar-refractivity contribution in [1.29, 1.82) is 0 Å². The second kappa shape index (κ2) is 15.2. The lowest BCUT2D eigenvalue weighted by molar-refractivity contribution is -0.143. The first-order chi connectivity index (χ1) is 23.2. The van der Waals surface area contributed by atoms with Gasteiger partial charge in [0.1, 0.15) is 17.8 Å². The minimum atomic E-state index is -0.788. The topological polar surface area (TPSA) is 133 Å². The zero-order valence-electron chi connectivity index (χ0n) is 27.4. The lowest BCUT2D eigenvalue weighted by atomic mass is 9.83. The van der Waals surface area contributed by atoms with E-state index in [0.29, 0.717) is 17.9 Å². The summed E-state index contributed by atoms with van der Waals surface area (Å²) in [4.78, 5) is 35.2. The number of rotatable bonds is 11. The Balaban J connectivity index is 1.15. The maximum atomic E-state index is 14.4. The largest absolute Gasteiger partial charge is 0.506 e. The number of thiazole rings is 1. The Morgan fingerprint density at radius 2 is 1.88 bits per heavy atom. The number of phenols is 1. The first-order valence-electron chi connectivity index (χ1n) is 16.9. The van der Waals surface area contributed by atoms with Crippen LogP contribution in [0.4, 0.5) is 0 Å². The number of hydrogen-bond acceptors (Lipinski definition) is 8. The molecule has 4 aromatic rings. The van der Waals surface area contributed by atoms with Crippen LogP contribution in [0.1, 0.15) is 86.5 Å². The van der Waals surface area contributed by atoms with Crippen molar-refractivity contribution < 1.29 is 19.8 Å². The number of halogens is 1. The third kappa shape index (κ3) is 7.58. The van der Waals surface area contributed by atoms with Crippen LogP contribution in [0.25, 0.3) is 10.4 Å². The maximum Gasteiger partial charge on any atom is 0.248 e. The predicted octanol–water partition coefficient (Wildman–Crippen LogP) is 6.20. The van der Waals surface area contributed by atoms with Crippen molar-refractivity contribution in [2.45, 2.75) is 95.9 Å². The Kier molecular flexibility index (Phi) is 10.8. The van der Waals surface area contributed by atoms with Gasteiger partial charge in [0.15, 0.2) is 0 Å². The summed E-state index contributed by atoms with van der Waals surface area (Å²) >= 11 is 7.86. The molecule has 6 rings (SSSR count). The molecule has 1 saturated heterocycles. The van der Waals surface area contributed by atoms with E-state index in [1.54, 1.807) is 33.1 Å². The molecular formula is C36H43ClN6O4S. The van der Waals surface area contributed by atoms with E-state index in [-0.39, 0.29) is 42.5 Å². The smallest absolute Gasteiger partial charge is 0.248 e. The first-order valence-corrected chi connectivity index (χ1v) is 18.1. The number of aromatic hydroxyl groups is 1. The Labute approximate surface area is 290 Å². The Bertz CT molecular complexity index is 1720. The Hall–Kier alpha value is -3.80. The predicted molar refractivity (Wildman–Crippen MR) is 186 cm³/mol. The molecular weight excluding hydrogens is 648 g/mol. The van der Waals surface area contributed by atoms with Crippen LogP contribution in [0.2, 0.25) is 5.02 Å². The van der Waals surface area contributed by atoms with E-state index in [1.165, 1.54) is 0 Å². The van der Waals surface area contributed by atoms with Crippen molar-refractivity contribution in [2.24, 2.45) is 5.92 Å². The molecule has 254 valence electrons. The zero-order chi connectivity index (χ0) is 33.8. The van der Waals surface area contributed by atoms with Gasteiger partial charge in [0.2, 0.25) is 11.8 Å². The monoisotopic (exact) mass is 690 g/mol. The van der Waals surface area contributed by atoms with Crippen molar-refractivity contribution in [1.82, 2.24) is 30.2 Å². The minimum absolute atomic E-state index is 0.0629. The molecule has 2 amide bonds. The average molecular weight is 691 g/mol. The van der Waals surface area contributed by atoms with E-state index in [9.17, 15) is 19.8 Å². The fourth-order valence-electron chi connectivity index (χ4n) is 7.13. The number of aromatic nitrogens is 4. The number of nitrogens with one attached hydrogen (secondary N) is 1. The molecule has 12 heteroatoms. The summed E-state index contributed by atoms with van der Waals surface area (Å²) in [6.07, 6.45) is 8.28. The molecule has 3 N–H and O–H groups in total. The molecule has 0 bridgehead atoms. The van der Waals surface area contributed by atoms with Crippen LogP contribution in [-0.4, -0.2) is 65.6 Å². The fourth-order valence-corrected chi connectivity index (χ4v) is 8.17. The van der Waals surface area contributed by atoms with Crippen LogP contribution in [0.15, 0.2) is 54.2 Å². The Morgan fingerprint density at radius 3 is 2.60 bits per heavy atom. The summed E-state index contributed by atoms with van der Waals surface area (Å²) in [5.74, 6) is -0.340. The number of β-amino-alcohol motifs (C(OH)–C–C–N with tert-alkyl or cyclic N) is 1. The molecule has 1 aliphatic carbocycles. The highest BCUT2D eigenvalue weighted by atomic mass is 35.5. The summed E-state index contributed by atoms with van der Waals surface area (Å²) in [6.45, 7) is 4.02. The standard InChI is InChI=1S/C36H43ClN6O4S/c1-22(24-14-16-27(17-15-24)34-23(2)38-21-48-34)39-35(46)30-18-29(44)20-42(30)36(47)33(26-8-4-3-5-9-26)43-19-28(40-41-43)12-6-10-25-11-7-13-31(45)32(25)37/h7,11,13-17,19,21-22,26,29-30,33,44-45H,3-6,8-10,12,18,20H2,1-2H3,(H,39,46)/t22-,29+,30-,33-/m0/s1. The molecule has 0 unspecified atom stereocenters. The SMILES string of the molecule is Cc1ncsc1-c1ccc([C@H](C)NC(=O)[C@@H]2C[C@@H](O)CN2C(=O)[C@H](C2CCCCC2)n2cc(CCCc3cccc(O)c3Cl)nn2)cc1. The number of carbonyl (C=O) groups excluding carboxylic acids is 2. The Morgan fingerprint density at radius 1 is 1.10 bits per heavy atom. The van der Waals surface area contributed by atoms with Crippen LogP contribution in [0, 0.1) is 12.8 Å². The van der Waals surface area contributed by atoms with Crippen molar-refractivity contribution in [2.75, 3.05) is 6.54 Å². The normalized spacial score (nSPS) is 19.7. The quantitative estimate of drug-likeness (QED) is 0.171. The molecule has 2 fully saturated rings. The molecule has 3 heterocycles. The number of hydrogen-bond donors (Lipinski definition) is 3. The zero-order valence-corrected chi connectivity index (χ0v) is 29.0. The fraction of sp³-hybridized carbons (Fsp3) is 0.472. The second-order valence-electron chi connectivity index (χ2n) is 13.2. The van der Waals surface area contributed by atoms with Gasteiger partial charge in [-0.25, -0.2) is 9.67 Å².